The number of carbonyl (C=O) groups excluding carboxylic acids is 3. The van der Waals surface area contributed by atoms with Crippen LogP contribution < -0.4 is 0 Å². The van der Waals surface area contributed by atoms with Crippen molar-refractivity contribution in [3.8, 4) is 0 Å². The second-order valence-corrected chi connectivity index (χ2v) is 8.08. The van der Waals surface area contributed by atoms with Gasteiger partial charge in [-0.2, -0.15) is 0 Å². The van der Waals surface area contributed by atoms with Crippen LogP contribution >= 0.6 is 0 Å². The minimum absolute atomic E-state index is 0.0111. The number of amides is 2. The zero-order chi connectivity index (χ0) is 18.1. The third-order valence-electron chi connectivity index (χ3n) is 6.06. The number of likely N-dealkylation sites (tertiary alicyclic amines) is 3. The normalized spacial score (nSPS) is 30.5. The van der Waals surface area contributed by atoms with Crippen molar-refractivity contribution < 1.29 is 14.4 Å². The van der Waals surface area contributed by atoms with Crippen molar-refractivity contribution in [1.29, 1.82) is 0 Å². The average molecular weight is 349 g/mol. The lowest BCUT2D eigenvalue weighted by molar-refractivity contribution is -0.148. The summed E-state index contributed by atoms with van der Waals surface area (Å²) in [5, 5.41) is 0. The van der Waals surface area contributed by atoms with E-state index in [9.17, 15) is 14.4 Å². The number of hydrogen-bond donors (Lipinski definition) is 0. The topological polar surface area (TPSA) is 60.9 Å². The van der Waals surface area contributed by atoms with Crippen LogP contribution in [0.2, 0.25) is 0 Å². The highest BCUT2D eigenvalue weighted by Gasteiger charge is 2.44. The third-order valence-corrected chi connectivity index (χ3v) is 6.06. The second kappa shape index (κ2) is 7.44. The van der Waals surface area contributed by atoms with E-state index in [0.717, 1.165) is 45.1 Å². The van der Waals surface area contributed by atoms with Crippen LogP contribution in [0, 0.1) is 5.92 Å². The highest BCUT2D eigenvalue weighted by Crippen LogP contribution is 2.28. The summed E-state index contributed by atoms with van der Waals surface area (Å²) in [5.74, 6) is 0.175. The molecule has 0 aliphatic carbocycles. The molecule has 3 atom stereocenters. The third kappa shape index (κ3) is 3.46. The van der Waals surface area contributed by atoms with Crippen molar-refractivity contribution in [2.45, 2.75) is 70.5 Å². The van der Waals surface area contributed by atoms with E-state index in [1.807, 2.05) is 20.9 Å². The zero-order valence-electron chi connectivity index (χ0n) is 15.7. The predicted octanol–water partition coefficient (Wildman–Crippen LogP) is 1.29. The molecular weight excluding hydrogens is 318 g/mol. The van der Waals surface area contributed by atoms with Crippen LogP contribution in [0.5, 0.6) is 0 Å². The average Bonchev–Trinajstić information content (AvgIpc) is 3.32. The summed E-state index contributed by atoms with van der Waals surface area (Å²) in [6.45, 7) is 6.04. The molecule has 0 aromatic heterocycles. The molecule has 0 radical (unpaired) electrons. The first-order chi connectivity index (χ1) is 11.9. The van der Waals surface area contributed by atoms with Crippen LogP contribution in [0.15, 0.2) is 0 Å². The molecule has 0 bridgehead atoms. The van der Waals surface area contributed by atoms with Crippen molar-refractivity contribution in [3.63, 3.8) is 0 Å². The van der Waals surface area contributed by atoms with Crippen molar-refractivity contribution in [2.75, 3.05) is 26.7 Å². The molecule has 0 spiro atoms. The Kier molecular flexibility index (Phi) is 5.46. The minimum atomic E-state index is -0.373. The SMILES string of the molecule is CC(C)C(=O)C1CCCN1C(=O)C1CCCN1C(=O)C1CCCN1C. The molecular formula is C19H31N3O3. The maximum atomic E-state index is 13.2. The molecule has 0 aromatic rings. The number of rotatable bonds is 4. The standard InChI is InChI=1S/C19H31N3O3/c1-13(2)17(23)14-7-5-11-21(14)19(25)16-9-6-12-22(16)18(24)15-8-4-10-20(15)3/h13-16H,4-12H2,1-3H3. The fourth-order valence-electron chi connectivity index (χ4n) is 4.60. The van der Waals surface area contributed by atoms with Gasteiger partial charge in [-0.1, -0.05) is 13.8 Å². The van der Waals surface area contributed by atoms with Crippen molar-refractivity contribution >= 4 is 17.6 Å². The number of ketones is 1. The highest BCUT2D eigenvalue weighted by atomic mass is 16.2. The Hall–Kier alpha value is -1.43. The van der Waals surface area contributed by atoms with Crippen LogP contribution in [0.25, 0.3) is 0 Å². The van der Waals surface area contributed by atoms with Crippen LogP contribution in [-0.4, -0.2) is 77.1 Å². The predicted molar refractivity (Wildman–Crippen MR) is 95.0 cm³/mol. The zero-order valence-corrected chi connectivity index (χ0v) is 15.7. The fourth-order valence-corrected chi connectivity index (χ4v) is 4.60. The Morgan fingerprint density at radius 1 is 0.760 bits per heavy atom. The molecule has 2 amide bonds. The number of hydrogen-bond acceptors (Lipinski definition) is 4. The van der Waals surface area contributed by atoms with Crippen molar-refractivity contribution in [3.05, 3.63) is 0 Å². The lowest BCUT2D eigenvalue weighted by atomic mass is 9.99. The summed E-state index contributed by atoms with van der Waals surface area (Å²) in [7, 11) is 1.99. The molecule has 3 heterocycles. The van der Waals surface area contributed by atoms with Gasteiger partial charge in [0.2, 0.25) is 11.8 Å². The van der Waals surface area contributed by atoms with Gasteiger partial charge in [-0.15, -0.1) is 0 Å². The monoisotopic (exact) mass is 349 g/mol. The van der Waals surface area contributed by atoms with E-state index < -0.39 is 0 Å². The molecule has 3 fully saturated rings. The van der Waals surface area contributed by atoms with Gasteiger partial charge in [-0.05, 0) is 52.1 Å². The quantitative estimate of drug-likeness (QED) is 0.767. The van der Waals surface area contributed by atoms with Crippen molar-refractivity contribution in [1.82, 2.24) is 14.7 Å². The van der Waals surface area contributed by atoms with Gasteiger partial charge in [0.1, 0.15) is 6.04 Å². The highest BCUT2D eigenvalue weighted by molar-refractivity contribution is 5.95. The molecule has 6 nitrogen and oxygen atoms in total. The van der Waals surface area contributed by atoms with Gasteiger partial charge in [0.05, 0.1) is 12.1 Å². The largest absolute Gasteiger partial charge is 0.331 e. The van der Waals surface area contributed by atoms with Gasteiger partial charge in [0.25, 0.3) is 0 Å². The summed E-state index contributed by atoms with van der Waals surface area (Å²) in [4.78, 5) is 44.2. The van der Waals surface area contributed by atoms with Gasteiger partial charge in [-0.3, -0.25) is 19.3 Å². The molecule has 3 saturated heterocycles. The van der Waals surface area contributed by atoms with E-state index >= 15 is 0 Å². The smallest absolute Gasteiger partial charge is 0.245 e. The molecule has 0 N–H and O–H groups in total. The Labute approximate surface area is 150 Å². The van der Waals surface area contributed by atoms with E-state index in [4.69, 9.17) is 0 Å². The Morgan fingerprint density at radius 2 is 1.24 bits per heavy atom. The number of likely N-dealkylation sites (N-methyl/N-ethyl adjacent to an activating group) is 1. The van der Waals surface area contributed by atoms with E-state index in [0.29, 0.717) is 13.1 Å². The molecule has 3 rings (SSSR count). The molecule has 6 heteroatoms. The Morgan fingerprint density at radius 3 is 1.80 bits per heavy atom. The summed E-state index contributed by atoms with van der Waals surface area (Å²) in [5.41, 5.74) is 0. The summed E-state index contributed by atoms with van der Waals surface area (Å²) < 4.78 is 0. The molecule has 3 aliphatic heterocycles. The van der Waals surface area contributed by atoms with Crippen LogP contribution in [0.4, 0.5) is 0 Å². The number of Topliss-reactive ketones (excluding diaryl/α,β-unsaturated/α-hetero) is 1. The first-order valence-electron chi connectivity index (χ1n) is 9.76. The van der Waals surface area contributed by atoms with E-state index in [1.54, 1.807) is 9.80 Å². The van der Waals surface area contributed by atoms with Crippen LogP contribution in [0.3, 0.4) is 0 Å². The molecule has 3 aliphatic rings. The molecule has 0 saturated carbocycles. The maximum Gasteiger partial charge on any atom is 0.245 e. The molecule has 0 aromatic carbocycles. The lowest BCUT2D eigenvalue weighted by Crippen LogP contribution is -2.54. The van der Waals surface area contributed by atoms with Gasteiger partial charge in [0, 0.05) is 19.0 Å². The summed E-state index contributed by atoms with van der Waals surface area (Å²) in [6, 6.07) is -0.749. The summed E-state index contributed by atoms with van der Waals surface area (Å²) in [6.07, 6.45) is 5.15. The van der Waals surface area contributed by atoms with Crippen LogP contribution in [-0.2, 0) is 14.4 Å². The lowest BCUT2D eigenvalue weighted by Gasteiger charge is -2.33. The first kappa shape index (κ1) is 18.4. The van der Waals surface area contributed by atoms with E-state index in [1.165, 1.54) is 0 Å². The molecule has 140 valence electrons. The van der Waals surface area contributed by atoms with Gasteiger partial charge < -0.3 is 9.80 Å². The van der Waals surface area contributed by atoms with Gasteiger partial charge >= 0.3 is 0 Å². The number of carbonyl (C=O) groups is 3. The minimum Gasteiger partial charge on any atom is -0.331 e. The van der Waals surface area contributed by atoms with Gasteiger partial charge in [-0.25, -0.2) is 0 Å². The Bertz CT molecular complexity index is 548. The van der Waals surface area contributed by atoms with Crippen molar-refractivity contribution in [2.24, 2.45) is 5.92 Å². The maximum absolute atomic E-state index is 13.2. The van der Waals surface area contributed by atoms with Crippen LogP contribution in [0.1, 0.15) is 52.4 Å². The molecule has 3 unspecified atom stereocenters. The Balaban J connectivity index is 1.72. The first-order valence-corrected chi connectivity index (χ1v) is 9.76. The van der Waals surface area contributed by atoms with E-state index in [-0.39, 0.29) is 41.6 Å². The second-order valence-electron chi connectivity index (χ2n) is 8.08. The van der Waals surface area contributed by atoms with Gasteiger partial charge in [0.15, 0.2) is 5.78 Å². The fraction of sp³-hybridized carbons (Fsp3) is 0.842. The summed E-state index contributed by atoms with van der Waals surface area (Å²) >= 11 is 0. The number of nitrogens with zero attached hydrogens (tertiary/aromatic N) is 3. The van der Waals surface area contributed by atoms with E-state index in [2.05, 4.69) is 4.90 Å². The molecule has 25 heavy (non-hydrogen) atoms.